The number of hydrogen-bond acceptors (Lipinski definition) is 5. The summed E-state index contributed by atoms with van der Waals surface area (Å²) in [5.74, 6) is -1.08. The molecule has 0 N–H and O–H groups in total. The van der Waals surface area contributed by atoms with Crippen LogP contribution in [-0.4, -0.2) is 44.9 Å². The molecule has 140 valence electrons. The molecule has 1 heterocycles. The molecule has 2 saturated carbocycles. The summed E-state index contributed by atoms with van der Waals surface area (Å²) in [6.45, 7) is 9.40. The van der Waals surface area contributed by atoms with Gasteiger partial charge in [-0.3, -0.25) is 9.59 Å². The van der Waals surface area contributed by atoms with Gasteiger partial charge in [-0.25, -0.2) is 0 Å². The van der Waals surface area contributed by atoms with Crippen LogP contribution in [0.15, 0.2) is 0 Å². The van der Waals surface area contributed by atoms with Crippen LogP contribution in [0.4, 0.5) is 0 Å². The molecule has 1 spiro atoms. The van der Waals surface area contributed by atoms with E-state index in [0.29, 0.717) is 26.1 Å². The van der Waals surface area contributed by atoms with E-state index >= 15 is 0 Å². The Hall–Kier alpha value is -1.01. The van der Waals surface area contributed by atoms with Gasteiger partial charge in [0.2, 0.25) is 0 Å². The van der Waals surface area contributed by atoms with Crippen molar-refractivity contribution in [1.29, 1.82) is 0 Å². The van der Waals surface area contributed by atoms with Gasteiger partial charge in [-0.15, -0.1) is 0 Å². The third-order valence-electron chi connectivity index (χ3n) is 6.50. The molecular weight excluding hydrogens is 336 g/mol. The molecule has 5 atom stereocenters. The van der Waals surface area contributed by atoms with E-state index in [9.17, 15) is 14.4 Å². The van der Waals surface area contributed by atoms with Crippen LogP contribution >= 0.6 is 0 Å². The number of rotatable bonds is 5. The molecule has 0 radical (unpaired) electrons. The van der Waals surface area contributed by atoms with Gasteiger partial charge >= 0.3 is 5.97 Å². The molecule has 1 unspecified atom stereocenters. The van der Waals surface area contributed by atoms with Crippen LogP contribution in [0.25, 0.3) is 0 Å². The number of epoxide rings is 1. The average molecular weight is 367 g/mol. The summed E-state index contributed by atoms with van der Waals surface area (Å²) >= 11 is 0. The maximum absolute atomic E-state index is 13.3. The number of carbonyl (C=O) groups excluding carboxylic acids is 3. The van der Waals surface area contributed by atoms with Crippen molar-refractivity contribution in [3.8, 4) is 0 Å². The molecule has 3 aliphatic rings. The van der Waals surface area contributed by atoms with E-state index in [1.54, 1.807) is 0 Å². The van der Waals surface area contributed by atoms with E-state index in [1.807, 2.05) is 6.92 Å². The Kier molecular flexibility index (Phi) is 4.73. The third kappa shape index (κ3) is 2.91. The van der Waals surface area contributed by atoms with E-state index in [0.717, 1.165) is 18.8 Å². The Bertz CT molecular complexity index is 577. The van der Waals surface area contributed by atoms with Gasteiger partial charge in [0.1, 0.15) is 11.9 Å². The van der Waals surface area contributed by atoms with Crippen LogP contribution in [0.5, 0.6) is 0 Å². The summed E-state index contributed by atoms with van der Waals surface area (Å²) in [6, 6.07) is 0.870. The lowest BCUT2D eigenvalue weighted by Gasteiger charge is -2.51. The number of ketones is 1. The molecule has 25 heavy (non-hydrogen) atoms. The molecule has 2 aliphatic carbocycles. The largest absolute Gasteiger partial charge is 0.465 e. The SMILES string of the molecule is C[C@@H]1CC(=O)[C@]2(C(=O)OCC[Si](C)(C)C)[C@@H](CCCC23CO3)[C@H]1C=O. The van der Waals surface area contributed by atoms with Gasteiger partial charge in [-0.05, 0) is 30.7 Å². The highest BCUT2D eigenvalue weighted by molar-refractivity contribution is 6.76. The summed E-state index contributed by atoms with van der Waals surface area (Å²) in [7, 11) is -1.34. The first-order valence-electron chi connectivity index (χ1n) is 9.48. The molecule has 1 saturated heterocycles. The maximum atomic E-state index is 13.3. The second-order valence-corrected chi connectivity index (χ2v) is 15.0. The number of aldehydes is 1. The van der Waals surface area contributed by atoms with Crippen molar-refractivity contribution in [3.05, 3.63) is 0 Å². The van der Waals surface area contributed by atoms with Crippen molar-refractivity contribution in [2.24, 2.45) is 23.2 Å². The minimum atomic E-state index is -1.34. The molecular formula is C19H30O5Si. The number of fused-ring (bicyclic) bond motifs is 2. The van der Waals surface area contributed by atoms with Crippen LogP contribution in [0, 0.1) is 23.2 Å². The molecule has 0 aromatic carbocycles. The predicted molar refractivity (Wildman–Crippen MR) is 95.9 cm³/mol. The lowest BCUT2D eigenvalue weighted by Crippen LogP contribution is -2.64. The molecule has 1 aliphatic heterocycles. The van der Waals surface area contributed by atoms with Gasteiger partial charge in [0, 0.05) is 20.4 Å². The smallest absolute Gasteiger partial charge is 0.323 e. The first kappa shape index (κ1) is 18.8. The van der Waals surface area contributed by atoms with Crippen molar-refractivity contribution < 1.29 is 23.9 Å². The molecule has 0 aromatic heterocycles. The maximum Gasteiger partial charge on any atom is 0.323 e. The van der Waals surface area contributed by atoms with Gasteiger partial charge in [0.05, 0.1) is 13.2 Å². The molecule has 6 heteroatoms. The lowest BCUT2D eigenvalue weighted by atomic mass is 9.49. The molecule has 3 rings (SSSR count). The van der Waals surface area contributed by atoms with E-state index in [-0.39, 0.29) is 30.0 Å². The summed E-state index contributed by atoms with van der Waals surface area (Å²) in [6.07, 6.45) is 3.52. The van der Waals surface area contributed by atoms with Crippen molar-refractivity contribution in [1.82, 2.24) is 0 Å². The molecule has 0 aromatic rings. The van der Waals surface area contributed by atoms with E-state index in [1.165, 1.54) is 0 Å². The Morgan fingerprint density at radius 1 is 1.40 bits per heavy atom. The third-order valence-corrected chi connectivity index (χ3v) is 8.20. The zero-order chi connectivity index (χ0) is 18.5. The van der Waals surface area contributed by atoms with Gasteiger partial charge < -0.3 is 14.3 Å². The predicted octanol–water partition coefficient (Wildman–Crippen LogP) is 2.85. The zero-order valence-corrected chi connectivity index (χ0v) is 16.8. The number of esters is 1. The fourth-order valence-corrected chi connectivity index (χ4v) is 5.70. The molecule has 3 fully saturated rings. The number of carbonyl (C=O) groups is 3. The number of Topliss-reactive ketones (excluding diaryl/α,β-unsaturated/α-hetero) is 1. The second-order valence-electron chi connectivity index (χ2n) is 9.35. The van der Waals surface area contributed by atoms with Gasteiger partial charge in [0.25, 0.3) is 0 Å². The van der Waals surface area contributed by atoms with E-state index in [2.05, 4.69) is 19.6 Å². The topological polar surface area (TPSA) is 73.0 Å². The first-order chi connectivity index (χ1) is 11.7. The molecule has 0 amide bonds. The number of ether oxygens (including phenoxy) is 2. The summed E-state index contributed by atoms with van der Waals surface area (Å²) in [5, 5.41) is 0. The fraction of sp³-hybridized carbons (Fsp3) is 0.842. The van der Waals surface area contributed by atoms with Crippen molar-refractivity contribution >= 4 is 26.1 Å². The van der Waals surface area contributed by atoms with Crippen molar-refractivity contribution in [2.75, 3.05) is 13.2 Å². The highest BCUT2D eigenvalue weighted by Gasteiger charge is 2.76. The highest BCUT2D eigenvalue weighted by Crippen LogP contribution is 2.63. The van der Waals surface area contributed by atoms with Gasteiger partial charge in [0.15, 0.2) is 11.2 Å². The van der Waals surface area contributed by atoms with Crippen LogP contribution in [0.1, 0.15) is 32.6 Å². The van der Waals surface area contributed by atoms with Crippen molar-refractivity contribution in [2.45, 2.75) is 63.9 Å². The Labute approximate surface area is 150 Å². The normalized spacial score (nSPS) is 40.5. The van der Waals surface area contributed by atoms with Crippen molar-refractivity contribution in [3.63, 3.8) is 0 Å². The molecule has 0 bridgehead atoms. The lowest BCUT2D eigenvalue weighted by molar-refractivity contribution is -0.182. The summed E-state index contributed by atoms with van der Waals surface area (Å²) < 4.78 is 11.4. The Balaban J connectivity index is 1.92. The van der Waals surface area contributed by atoms with Gasteiger partial charge in [-0.1, -0.05) is 33.0 Å². The van der Waals surface area contributed by atoms with E-state index < -0.39 is 25.1 Å². The minimum absolute atomic E-state index is 0.0215. The Morgan fingerprint density at radius 2 is 2.08 bits per heavy atom. The van der Waals surface area contributed by atoms with Crippen LogP contribution in [0.2, 0.25) is 25.7 Å². The average Bonchev–Trinajstić information content (AvgIpc) is 3.26. The zero-order valence-electron chi connectivity index (χ0n) is 15.8. The Morgan fingerprint density at radius 3 is 2.64 bits per heavy atom. The standard InChI is InChI=1S/C19H30O5Si/c1-13-10-16(21)19(17(22)23-8-9-25(2,3)4)15(14(13)11-20)6-5-7-18(19)12-24-18/h11,13-15H,5-10,12H2,1-4H3/t13-,14+,15+,18?,19+/m1/s1. The fourth-order valence-electron chi connectivity index (χ4n) is 4.99. The van der Waals surface area contributed by atoms with Gasteiger partial charge in [-0.2, -0.15) is 0 Å². The second kappa shape index (κ2) is 6.30. The highest BCUT2D eigenvalue weighted by atomic mass is 28.3. The summed E-state index contributed by atoms with van der Waals surface area (Å²) in [5.41, 5.74) is -1.98. The monoisotopic (exact) mass is 366 g/mol. The van der Waals surface area contributed by atoms with E-state index in [4.69, 9.17) is 9.47 Å². The number of hydrogen-bond donors (Lipinski definition) is 0. The molecule has 5 nitrogen and oxygen atoms in total. The summed E-state index contributed by atoms with van der Waals surface area (Å²) in [4.78, 5) is 38.2. The van der Waals surface area contributed by atoms with Crippen LogP contribution in [-0.2, 0) is 23.9 Å². The van der Waals surface area contributed by atoms with Crippen LogP contribution < -0.4 is 0 Å². The minimum Gasteiger partial charge on any atom is -0.465 e. The first-order valence-corrected chi connectivity index (χ1v) is 13.2. The van der Waals surface area contributed by atoms with Crippen LogP contribution in [0.3, 0.4) is 0 Å². The quantitative estimate of drug-likeness (QED) is 0.246.